The highest BCUT2D eigenvalue weighted by Crippen LogP contribution is 2.12. The summed E-state index contributed by atoms with van der Waals surface area (Å²) in [6, 6.07) is 8.80. The van der Waals surface area contributed by atoms with Crippen LogP contribution in [-0.2, 0) is 13.0 Å². The normalized spacial score (nSPS) is 10.9. The van der Waals surface area contributed by atoms with E-state index in [1.54, 1.807) is 0 Å². The van der Waals surface area contributed by atoms with Gasteiger partial charge in [0.15, 0.2) is 0 Å². The van der Waals surface area contributed by atoms with Crippen molar-refractivity contribution in [3.8, 4) is 0 Å². The van der Waals surface area contributed by atoms with Crippen molar-refractivity contribution in [1.82, 2.24) is 10.2 Å². The monoisotopic (exact) mass is 260 g/mol. The van der Waals surface area contributed by atoms with Crippen LogP contribution in [0.4, 0.5) is 0 Å². The van der Waals surface area contributed by atoms with E-state index in [1.165, 1.54) is 17.5 Å². The van der Waals surface area contributed by atoms with E-state index < -0.39 is 0 Å². The number of rotatable bonds is 10. The molecule has 0 aliphatic heterocycles. The van der Waals surface area contributed by atoms with Gasteiger partial charge < -0.3 is 5.32 Å². The first-order valence-electron chi connectivity index (χ1n) is 7.42. The molecule has 0 saturated carbocycles. The van der Waals surface area contributed by atoms with E-state index in [1.807, 2.05) is 6.08 Å². The van der Waals surface area contributed by atoms with E-state index >= 15 is 0 Å². The lowest BCUT2D eigenvalue weighted by atomic mass is 10.0. The molecular weight excluding hydrogens is 232 g/mol. The van der Waals surface area contributed by atoms with Gasteiger partial charge in [-0.3, -0.25) is 4.90 Å². The minimum atomic E-state index is 0.968. The first-order chi connectivity index (χ1) is 9.31. The van der Waals surface area contributed by atoms with Gasteiger partial charge in [0.1, 0.15) is 0 Å². The van der Waals surface area contributed by atoms with Gasteiger partial charge in [-0.05, 0) is 43.6 Å². The van der Waals surface area contributed by atoms with Gasteiger partial charge in [-0.2, -0.15) is 0 Å². The van der Waals surface area contributed by atoms with E-state index in [-0.39, 0.29) is 0 Å². The van der Waals surface area contributed by atoms with E-state index in [4.69, 9.17) is 0 Å². The summed E-state index contributed by atoms with van der Waals surface area (Å²) in [5, 5.41) is 3.40. The number of hydrogen-bond donors (Lipinski definition) is 1. The maximum absolute atomic E-state index is 3.86. The van der Waals surface area contributed by atoms with E-state index in [0.717, 1.165) is 39.1 Å². The predicted octanol–water partition coefficient (Wildman–Crippen LogP) is 3.24. The Balaban J connectivity index is 2.66. The largest absolute Gasteiger partial charge is 0.317 e. The summed E-state index contributed by atoms with van der Waals surface area (Å²) in [5.41, 5.74) is 2.92. The topological polar surface area (TPSA) is 15.3 Å². The third kappa shape index (κ3) is 6.04. The third-order valence-electron chi connectivity index (χ3n) is 3.26. The van der Waals surface area contributed by atoms with Crippen LogP contribution in [0.15, 0.2) is 36.9 Å². The fraction of sp³-hybridized carbons (Fsp3) is 0.529. The molecule has 0 saturated heterocycles. The zero-order valence-corrected chi connectivity index (χ0v) is 12.5. The van der Waals surface area contributed by atoms with Crippen molar-refractivity contribution in [2.45, 2.75) is 33.2 Å². The van der Waals surface area contributed by atoms with Crippen LogP contribution in [0.5, 0.6) is 0 Å². The summed E-state index contributed by atoms with van der Waals surface area (Å²) >= 11 is 0. The Kier molecular flexibility index (Phi) is 8.19. The molecule has 1 N–H and O–H groups in total. The Morgan fingerprint density at radius 3 is 2.58 bits per heavy atom. The molecule has 0 radical (unpaired) electrons. The number of hydrogen-bond acceptors (Lipinski definition) is 2. The second kappa shape index (κ2) is 9.76. The minimum absolute atomic E-state index is 0.968. The number of likely N-dealkylation sites (N-methyl/N-ethyl adjacent to an activating group) is 1. The van der Waals surface area contributed by atoms with Crippen molar-refractivity contribution in [3.05, 3.63) is 48.0 Å². The maximum atomic E-state index is 3.86. The SMILES string of the molecule is C=CCN(CCC)Cc1ccccc1CCNCC. The molecule has 19 heavy (non-hydrogen) atoms. The molecule has 0 aliphatic carbocycles. The van der Waals surface area contributed by atoms with Gasteiger partial charge in [0.2, 0.25) is 0 Å². The van der Waals surface area contributed by atoms with E-state index in [9.17, 15) is 0 Å². The maximum Gasteiger partial charge on any atom is 0.0239 e. The van der Waals surface area contributed by atoms with Crippen LogP contribution in [0.2, 0.25) is 0 Å². The van der Waals surface area contributed by atoms with Crippen molar-refractivity contribution >= 4 is 0 Å². The smallest absolute Gasteiger partial charge is 0.0239 e. The van der Waals surface area contributed by atoms with Crippen molar-refractivity contribution in [2.75, 3.05) is 26.2 Å². The molecule has 0 fully saturated rings. The molecule has 2 nitrogen and oxygen atoms in total. The molecule has 0 bridgehead atoms. The van der Waals surface area contributed by atoms with Gasteiger partial charge >= 0.3 is 0 Å². The molecule has 1 aromatic carbocycles. The first kappa shape index (κ1) is 15.9. The fourth-order valence-corrected chi connectivity index (χ4v) is 2.33. The molecule has 0 aromatic heterocycles. The molecular formula is C17H28N2. The Morgan fingerprint density at radius 2 is 1.95 bits per heavy atom. The van der Waals surface area contributed by atoms with Gasteiger partial charge in [0.25, 0.3) is 0 Å². The van der Waals surface area contributed by atoms with Crippen LogP contribution in [0.25, 0.3) is 0 Å². The lowest BCUT2D eigenvalue weighted by Gasteiger charge is -2.21. The van der Waals surface area contributed by atoms with Crippen LogP contribution in [0, 0.1) is 0 Å². The molecule has 0 unspecified atom stereocenters. The fourth-order valence-electron chi connectivity index (χ4n) is 2.33. The van der Waals surface area contributed by atoms with E-state index in [0.29, 0.717) is 0 Å². The average Bonchev–Trinajstić information content (AvgIpc) is 2.41. The summed E-state index contributed by atoms with van der Waals surface area (Å²) in [5.74, 6) is 0. The van der Waals surface area contributed by atoms with Gasteiger partial charge in [0.05, 0.1) is 0 Å². The van der Waals surface area contributed by atoms with Gasteiger partial charge in [-0.1, -0.05) is 44.2 Å². The Labute approximate surface area is 118 Å². The van der Waals surface area contributed by atoms with Crippen LogP contribution >= 0.6 is 0 Å². The molecule has 1 rings (SSSR count). The minimum Gasteiger partial charge on any atom is -0.317 e. The summed E-state index contributed by atoms with van der Waals surface area (Å²) in [7, 11) is 0. The first-order valence-corrected chi connectivity index (χ1v) is 7.42. The van der Waals surface area contributed by atoms with Crippen LogP contribution in [0.3, 0.4) is 0 Å². The van der Waals surface area contributed by atoms with Crippen LogP contribution in [-0.4, -0.2) is 31.1 Å². The molecule has 2 heteroatoms. The quantitative estimate of drug-likeness (QED) is 0.513. The lowest BCUT2D eigenvalue weighted by molar-refractivity contribution is 0.294. The zero-order valence-electron chi connectivity index (χ0n) is 12.5. The second-order valence-electron chi connectivity index (χ2n) is 4.90. The molecule has 1 aromatic rings. The second-order valence-corrected chi connectivity index (χ2v) is 4.90. The molecule has 0 amide bonds. The Morgan fingerprint density at radius 1 is 1.21 bits per heavy atom. The molecule has 0 spiro atoms. The van der Waals surface area contributed by atoms with Crippen LogP contribution in [0.1, 0.15) is 31.4 Å². The molecule has 106 valence electrons. The Hall–Kier alpha value is -1.12. The molecule has 0 heterocycles. The molecule has 0 aliphatic rings. The van der Waals surface area contributed by atoms with Gasteiger partial charge in [-0.25, -0.2) is 0 Å². The predicted molar refractivity (Wildman–Crippen MR) is 84.5 cm³/mol. The number of nitrogens with one attached hydrogen (secondary N) is 1. The van der Waals surface area contributed by atoms with Gasteiger partial charge in [0, 0.05) is 13.1 Å². The summed E-state index contributed by atoms with van der Waals surface area (Å²) < 4.78 is 0. The van der Waals surface area contributed by atoms with Crippen molar-refractivity contribution < 1.29 is 0 Å². The highest BCUT2D eigenvalue weighted by atomic mass is 15.1. The standard InChI is InChI=1S/C17H28N2/c1-4-13-19(14-5-2)15-17-10-8-7-9-16(17)11-12-18-6-3/h4,7-10,18H,1,5-6,11-15H2,2-3H3. The summed E-state index contributed by atoms with van der Waals surface area (Å²) in [6.07, 6.45) is 4.29. The zero-order chi connectivity index (χ0) is 13.9. The van der Waals surface area contributed by atoms with Crippen molar-refractivity contribution in [3.63, 3.8) is 0 Å². The highest BCUT2D eigenvalue weighted by Gasteiger charge is 2.07. The van der Waals surface area contributed by atoms with Crippen molar-refractivity contribution in [1.29, 1.82) is 0 Å². The summed E-state index contributed by atoms with van der Waals surface area (Å²) in [6.45, 7) is 13.5. The summed E-state index contributed by atoms with van der Waals surface area (Å²) in [4.78, 5) is 2.46. The van der Waals surface area contributed by atoms with E-state index in [2.05, 4.69) is 54.9 Å². The number of nitrogens with zero attached hydrogens (tertiary/aromatic N) is 1. The lowest BCUT2D eigenvalue weighted by Crippen LogP contribution is -2.25. The van der Waals surface area contributed by atoms with Crippen molar-refractivity contribution in [2.24, 2.45) is 0 Å². The third-order valence-corrected chi connectivity index (χ3v) is 3.26. The average molecular weight is 260 g/mol. The van der Waals surface area contributed by atoms with Gasteiger partial charge in [-0.15, -0.1) is 6.58 Å². The molecule has 0 atom stereocenters. The highest BCUT2D eigenvalue weighted by molar-refractivity contribution is 5.27. The Bertz CT molecular complexity index is 360. The number of benzene rings is 1. The van der Waals surface area contributed by atoms with Crippen LogP contribution < -0.4 is 5.32 Å².